The number of carboxylic acids is 1. The predicted molar refractivity (Wildman–Crippen MR) is 95.9 cm³/mol. The van der Waals surface area contributed by atoms with Gasteiger partial charge in [-0.05, 0) is 37.1 Å². The third-order valence-corrected chi connectivity index (χ3v) is 3.86. The first kappa shape index (κ1) is 19.0. The molecule has 1 aromatic carbocycles. The van der Waals surface area contributed by atoms with Crippen LogP contribution in [0.1, 0.15) is 24.8 Å². The van der Waals surface area contributed by atoms with Gasteiger partial charge in [-0.25, -0.2) is 4.79 Å². The monoisotopic (exact) mass is 359 g/mol. The van der Waals surface area contributed by atoms with E-state index in [1.54, 1.807) is 29.2 Å². The number of aliphatic carboxylic acids is 1. The normalized spacial score (nSPS) is 16.7. The van der Waals surface area contributed by atoms with Crippen LogP contribution in [0.15, 0.2) is 36.5 Å². The zero-order valence-electron chi connectivity index (χ0n) is 14.1. The summed E-state index contributed by atoms with van der Waals surface area (Å²) >= 11 is 0. The number of rotatable bonds is 7. The van der Waals surface area contributed by atoms with Gasteiger partial charge >= 0.3 is 12.0 Å². The largest absolute Gasteiger partial charge is 0.481 e. The highest BCUT2D eigenvalue weighted by molar-refractivity contribution is 6.02. The van der Waals surface area contributed by atoms with Crippen LogP contribution >= 0.6 is 0 Å². The number of benzene rings is 1. The van der Waals surface area contributed by atoms with Crippen molar-refractivity contribution in [1.29, 1.82) is 5.41 Å². The molecule has 1 atom stereocenters. The van der Waals surface area contributed by atoms with Gasteiger partial charge in [-0.2, -0.15) is 0 Å². The number of hydrogen-bond donors (Lipinski definition) is 5. The number of carboxylic acid groups (broad SMARTS) is 1. The van der Waals surface area contributed by atoms with E-state index in [-0.39, 0.29) is 18.2 Å². The van der Waals surface area contributed by atoms with Crippen LogP contribution < -0.4 is 21.3 Å². The lowest BCUT2D eigenvalue weighted by Crippen LogP contribution is -2.44. The van der Waals surface area contributed by atoms with Gasteiger partial charge in [-0.15, -0.1) is 0 Å². The highest BCUT2D eigenvalue weighted by atomic mass is 16.4. The van der Waals surface area contributed by atoms with E-state index in [1.807, 2.05) is 0 Å². The molecule has 1 saturated heterocycles. The molecule has 1 fully saturated rings. The van der Waals surface area contributed by atoms with Crippen LogP contribution in [0.4, 0.5) is 10.5 Å². The van der Waals surface area contributed by atoms with E-state index in [0.29, 0.717) is 30.6 Å². The van der Waals surface area contributed by atoms with Crippen molar-refractivity contribution in [3.05, 3.63) is 42.1 Å². The number of allylic oxidation sites excluding steroid dienone is 1. The number of amidine groups is 1. The van der Waals surface area contributed by atoms with E-state index in [9.17, 15) is 14.4 Å². The van der Waals surface area contributed by atoms with Gasteiger partial charge in [0.25, 0.3) is 0 Å². The second kappa shape index (κ2) is 8.65. The second-order valence-electron chi connectivity index (χ2n) is 5.74. The van der Waals surface area contributed by atoms with Crippen LogP contribution in [0.25, 0.3) is 0 Å². The summed E-state index contributed by atoms with van der Waals surface area (Å²) in [7, 11) is 0. The van der Waals surface area contributed by atoms with E-state index >= 15 is 0 Å². The predicted octanol–water partition coefficient (Wildman–Crippen LogP) is 0.754. The number of nitrogen functional groups attached to an aromatic ring is 1. The quantitative estimate of drug-likeness (QED) is 0.360. The van der Waals surface area contributed by atoms with Crippen molar-refractivity contribution in [1.82, 2.24) is 10.6 Å². The minimum Gasteiger partial charge on any atom is -0.481 e. The van der Waals surface area contributed by atoms with E-state index < -0.39 is 18.0 Å². The highest BCUT2D eigenvalue weighted by Crippen LogP contribution is 2.22. The van der Waals surface area contributed by atoms with Gasteiger partial charge in [-0.3, -0.25) is 15.0 Å². The molecular formula is C17H21N5O4. The molecule has 1 aliphatic rings. The molecule has 6 N–H and O–H groups in total. The molecule has 9 heteroatoms. The SMILES string of the molecule is N=C(N)c1ccc(N2CC[C@H](NC(=O)NC=CCCC(=O)O)C2=O)cc1. The molecule has 0 spiro atoms. The highest BCUT2D eigenvalue weighted by Gasteiger charge is 2.33. The van der Waals surface area contributed by atoms with Crippen LogP contribution in [-0.2, 0) is 9.59 Å². The molecule has 0 aromatic heterocycles. The van der Waals surface area contributed by atoms with Crippen molar-refractivity contribution in [3.63, 3.8) is 0 Å². The number of nitrogens with zero attached hydrogens (tertiary/aromatic N) is 1. The summed E-state index contributed by atoms with van der Waals surface area (Å²) in [4.78, 5) is 36.2. The van der Waals surface area contributed by atoms with Crippen LogP contribution in [0.5, 0.6) is 0 Å². The summed E-state index contributed by atoms with van der Waals surface area (Å²) in [5.41, 5.74) is 6.66. The molecule has 3 amide bonds. The minimum absolute atomic E-state index is 0.0156. The van der Waals surface area contributed by atoms with Gasteiger partial charge in [-0.1, -0.05) is 6.08 Å². The third-order valence-electron chi connectivity index (χ3n) is 3.86. The zero-order chi connectivity index (χ0) is 19.1. The summed E-state index contributed by atoms with van der Waals surface area (Å²) < 4.78 is 0. The van der Waals surface area contributed by atoms with Gasteiger partial charge < -0.3 is 26.4 Å². The summed E-state index contributed by atoms with van der Waals surface area (Å²) in [6, 6.07) is 5.60. The maximum atomic E-state index is 12.4. The van der Waals surface area contributed by atoms with Gasteiger partial charge in [0.1, 0.15) is 11.9 Å². The van der Waals surface area contributed by atoms with Gasteiger partial charge in [0.2, 0.25) is 5.91 Å². The Morgan fingerprint density at radius 2 is 2.04 bits per heavy atom. The number of nitrogens with one attached hydrogen (secondary N) is 3. The molecule has 0 unspecified atom stereocenters. The fraction of sp³-hybridized carbons (Fsp3) is 0.294. The van der Waals surface area contributed by atoms with Crippen molar-refractivity contribution >= 4 is 29.4 Å². The smallest absolute Gasteiger partial charge is 0.319 e. The number of amides is 3. The zero-order valence-corrected chi connectivity index (χ0v) is 14.1. The van der Waals surface area contributed by atoms with Crippen LogP contribution in [0, 0.1) is 5.41 Å². The Bertz CT molecular complexity index is 729. The first-order valence-corrected chi connectivity index (χ1v) is 8.08. The fourth-order valence-corrected chi connectivity index (χ4v) is 2.52. The second-order valence-corrected chi connectivity index (χ2v) is 5.74. The molecule has 0 radical (unpaired) electrons. The topological polar surface area (TPSA) is 149 Å². The Hall–Kier alpha value is -3.36. The third kappa shape index (κ3) is 5.07. The lowest BCUT2D eigenvalue weighted by molar-refractivity contribution is -0.136. The van der Waals surface area contributed by atoms with Crippen molar-refractivity contribution in [2.45, 2.75) is 25.3 Å². The number of carbonyl (C=O) groups is 3. The van der Waals surface area contributed by atoms with Gasteiger partial charge in [0.15, 0.2) is 0 Å². The summed E-state index contributed by atoms with van der Waals surface area (Å²) in [6.07, 6.45) is 3.66. The minimum atomic E-state index is -0.910. The van der Waals surface area contributed by atoms with Gasteiger partial charge in [0, 0.05) is 30.4 Å². The fourth-order valence-electron chi connectivity index (χ4n) is 2.52. The average Bonchev–Trinajstić information content (AvgIpc) is 2.95. The molecule has 0 aliphatic carbocycles. The molecule has 0 saturated carbocycles. The Kier molecular flexibility index (Phi) is 6.31. The van der Waals surface area contributed by atoms with E-state index in [1.165, 1.54) is 12.3 Å². The van der Waals surface area contributed by atoms with Crippen LogP contribution in [0.3, 0.4) is 0 Å². The standard InChI is InChI=1S/C17H21N5O4/c18-15(19)11-4-6-12(7-5-11)22-10-8-13(16(22)25)21-17(26)20-9-2-1-3-14(23)24/h2,4-7,9,13H,1,3,8,10H2,(H3,18,19)(H,23,24)(H2,20,21,26)/t13-/m0/s1. The van der Waals surface area contributed by atoms with Gasteiger partial charge in [0.05, 0.1) is 0 Å². The lowest BCUT2D eigenvalue weighted by Gasteiger charge is -2.17. The maximum Gasteiger partial charge on any atom is 0.319 e. The number of hydrogen-bond acceptors (Lipinski definition) is 4. The first-order chi connectivity index (χ1) is 12.4. The number of nitrogens with two attached hydrogens (primary N) is 1. The number of anilines is 1. The number of urea groups is 1. The van der Waals surface area contributed by atoms with Crippen LogP contribution in [-0.4, -0.2) is 41.4 Å². The van der Waals surface area contributed by atoms with Crippen molar-refractivity contribution < 1.29 is 19.5 Å². The molecule has 1 aromatic rings. The maximum absolute atomic E-state index is 12.4. The molecule has 9 nitrogen and oxygen atoms in total. The molecule has 0 bridgehead atoms. The van der Waals surface area contributed by atoms with Crippen molar-refractivity contribution in [2.24, 2.45) is 5.73 Å². The molecule has 1 aliphatic heterocycles. The van der Waals surface area contributed by atoms with E-state index in [4.69, 9.17) is 16.2 Å². The van der Waals surface area contributed by atoms with Crippen molar-refractivity contribution in [3.8, 4) is 0 Å². The Morgan fingerprint density at radius 1 is 1.35 bits per heavy atom. The number of carbonyl (C=O) groups excluding carboxylic acids is 2. The van der Waals surface area contributed by atoms with Crippen LogP contribution in [0.2, 0.25) is 0 Å². The summed E-state index contributed by atoms with van der Waals surface area (Å²) in [5.74, 6) is -1.17. The molecular weight excluding hydrogens is 338 g/mol. The Balaban J connectivity index is 1.85. The molecule has 1 heterocycles. The summed E-state index contributed by atoms with van der Waals surface area (Å²) in [6.45, 7) is 0.470. The lowest BCUT2D eigenvalue weighted by atomic mass is 10.2. The molecule has 26 heavy (non-hydrogen) atoms. The molecule has 138 valence electrons. The Labute approximate surface area is 150 Å². The first-order valence-electron chi connectivity index (χ1n) is 8.08. The summed E-state index contributed by atoms with van der Waals surface area (Å²) in [5, 5.41) is 20.9. The Morgan fingerprint density at radius 3 is 2.65 bits per heavy atom. The molecule has 2 rings (SSSR count). The van der Waals surface area contributed by atoms with Crippen molar-refractivity contribution in [2.75, 3.05) is 11.4 Å². The van der Waals surface area contributed by atoms with E-state index in [0.717, 1.165) is 0 Å². The van der Waals surface area contributed by atoms with E-state index in [2.05, 4.69) is 10.6 Å². The average molecular weight is 359 g/mol.